The number of hydrogen-bond donors (Lipinski definition) is 2. The summed E-state index contributed by atoms with van der Waals surface area (Å²) in [7, 11) is -4.08. The van der Waals surface area contributed by atoms with Crippen LogP contribution >= 0.6 is 0 Å². The number of allylic oxidation sites excluding steroid dienone is 2. The molecule has 34 heavy (non-hydrogen) atoms. The van der Waals surface area contributed by atoms with Crippen LogP contribution in [0.25, 0.3) is 0 Å². The molecule has 4 rings (SSSR count). The first-order valence-corrected chi connectivity index (χ1v) is 13.0. The first-order chi connectivity index (χ1) is 16.4. The quantitative estimate of drug-likeness (QED) is 0.325. The summed E-state index contributed by atoms with van der Waals surface area (Å²) in [6, 6.07) is 6.00. The summed E-state index contributed by atoms with van der Waals surface area (Å²) in [5.41, 5.74) is 1.51. The van der Waals surface area contributed by atoms with Crippen molar-refractivity contribution in [1.29, 1.82) is 0 Å². The smallest absolute Gasteiger partial charge is 0.265 e. The van der Waals surface area contributed by atoms with Crippen LogP contribution in [0.2, 0.25) is 0 Å². The van der Waals surface area contributed by atoms with E-state index in [4.69, 9.17) is 14.7 Å². The van der Waals surface area contributed by atoms with Crippen molar-refractivity contribution < 1.29 is 32.7 Å². The summed E-state index contributed by atoms with van der Waals surface area (Å²) in [6.07, 6.45) is 10.1. The van der Waals surface area contributed by atoms with E-state index < -0.39 is 20.5 Å². The molecule has 0 radical (unpaired) electrons. The lowest BCUT2D eigenvalue weighted by molar-refractivity contribution is -0.134. The highest BCUT2D eigenvalue weighted by Crippen LogP contribution is 2.36. The fraction of sp³-hybridized carbons (Fsp3) is 0.500. The lowest BCUT2D eigenvalue weighted by Gasteiger charge is -2.34. The number of hydroxylamine groups is 1. The van der Waals surface area contributed by atoms with Gasteiger partial charge in [-0.3, -0.25) is 14.8 Å². The number of hydrogen-bond acceptors (Lipinski definition) is 7. The Morgan fingerprint density at radius 1 is 1.15 bits per heavy atom. The number of nitrogens with zero attached hydrogens (tertiary/aromatic N) is 1. The molecule has 2 saturated heterocycles. The van der Waals surface area contributed by atoms with E-state index >= 15 is 0 Å². The van der Waals surface area contributed by atoms with Crippen LogP contribution in [-0.2, 0) is 24.2 Å². The number of nitrogens with one attached hydrogen (secondary N) is 1. The number of amides is 2. The van der Waals surface area contributed by atoms with Crippen molar-refractivity contribution in [3.63, 3.8) is 0 Å². The van der Waals surface area contributed by atoms with Crippen molar-refractivity contribution >= 4 is 21.7 Å². The van der Waals surface area contributed by atoms with E-state index in [1.54, 1.807) is 0 Å². The van der Waals surface area contributed by atoms with Gasteiger partial charge in [-0.2, -0.15) is 0 Å². The minimum Gasteiger partial charge on any atom is -0.494 e. The molecule has 2 aliphatic heterocycles. The van der Waals surface area contributed by atoms with E-state index in [2.05, 4.69) is 12.2 Å². The predicted octanol–water partition coefficient (Wildman–Crippen LogP) is 2.02. The molecule has 2 fully saturated rings. The standard InChI is InChI=1S/C24H30N2O7S/c27-22(26-14-11-18-4-1-2-5-21(18)26)6-3-15-33-19-7-9-20(10-8-19)34(30,31)24(23(28)25-29)12-16-32-17-13-24/h1-2,4-5,7-10,18,21,29H,3,6,11-17H2,(H,25,28). The van der Waals surface area contributed by atoms with Crippen molar-refractivity contribution in [3.05, 3.63) is 48.6 Å². The lowest BCUT2D eigenvalue weighted by Crippen LogP contribution is -2.54. The van der Waals surface area contributed by atoms with Gasteiger partial charge in [0.2, 0.25) is 5.91 Å². The highest BCUT2D eigenvalue weighted by Gasteiger charge is 2.52. The van der Waals surface area contributed by atoms with Gasteiger partial charge in [-0.15, -0.1) is 0 Å². The molecule has 9 nitrogen and oxygen atoms in total. The maximum atomic E-state index is 13.3. The zero-order valence-corrected chi connectivity index (χ0v) is 19.7. The lowest BCUT2D eigenvalue weighted by atomic mass is 9.96. The number of likely N-dealkylation sites (tertiary alicyclic amines) is 1. The second kappa shape index (κ2) is 10.3. The molecule has 0 spiro atoms. The van der Waals surface area contributed by atoms with Gasteiger partial charge in [0.25, 0.3) is 5.91 Å². The van der Waals surface area contributed by atoms with E-state index in [0.717, 1.165) is 13.0 Å². The summed E-state index contributed by atoms with van der Waals surface area (Å²) >= 11 is 0. The second-order valence-electron chi connectivity index (χ2n) is 8.77. The molecule has 1 aliphatic carbocycles. The number of carbonyl (C=O) groups is 2. The average Bonchev–Trinajstić information content (AvgIpc) is 3.31. The molecule has 1 aromatic rings. The topological polar surface area (TPSA) is 122 Å². The van der Waals surface area contributed by atoms with E-state index in [1.807, 2.05) is 17.1 Å². The minimum absolute atomic E-state index is 0.0290. The van der Waals surface area contributed by atoms with Crippen LogP contribution in [0.5, 0.6) is 5.75 Å². The molecule has 2 N–H and O–H groups in total. The Morgan fingerprint density at radius 3 is 2.56 bits per heavy atom. The monoisotopic (exact) mass is 490 g/mol. The molecule has 1 aromatic carbocycles. The Labute approximate surface area is 199 Å². The Bertz CT molecular complexity index is 1060. The molecular weight excluding hydrogens is 460 g/mol. The predicted molar refractivity (Wildman–Crippen MR) is 123 cm³/mol. The van der Waals surface area contributed by atoms with Crippen LogP contribution < -0.4 is 10.2 Å². The van der Waals surface area contributed by atoms with Crippen LogP contribution in [0.3, 0.4) is 0 Å². The minimum atomic E-state index is -4.08. The largest absolute Gasteiger partial charge is 0.494 e. The summed E-state index contributed by atoms with van der Waals surface area (Å²) < 4.78 is 35.7. The van der Waals surface area contributed by atoms with Crippen LogP contribution in [-0.4, -0.2) is 67.5 Å². The van der Waals surface area contributed by atoms with E-state index in [-0.39, 0.29) is 42.9 Å². The normalized spacial score (nSPS) is 23.4. The molecule has 2 unspecified atom stereocenters. The number of carbonyl (C=O) groups excluding carboxylic acids is 2. The van der Waals surface area contributed by atoms with Crippen molar-refractivity contribution in [2.24, 2.45) is 5.92 Å². The van der Waals surface area contributed by atoms with E-state index in [0.29, 0.717) is 31.1 Å². The van der Waals surface area contributed by atoms with Crippen molar-refractivity contribution in [2.75, 3.05) is 26.4 Å². The van der Waals surface area contributed by atoms with E-state index in [9.17, 15) is 18.0 Å². The Hall–Kier alpha value is -2.69. The van der Waals surface area contributed by atoms with Crippen molar-refractivity contribution in [1.82, 2.24) is 10.4 Å². The van der Waals surface area contributed by atoms with Gasteiger partial charge in [0.1, 0.15) is 5.75 Å². The second-order valence-corrected chi connectivity index (χ2v) is 11.0. The fourth-order valence-corrected chi connectivity index (χ4v) is 6.83. The molecule has 0 saturated carbocycles. The third-order valence-corrected chi connectivity index (χ3v) is 9.38. The first kappa shape index (κ1) is 24.4. The van der Waals surface area contributed by atoms with Gasteiger partial charge >= 0.3 is 0 Å². The number of sulfone groups is 1. The SMILES string of the molecule is O=C(CCCOc1ccc(S(=O)(=O)C2(C(=O)NO)CCOCC2)cc1)N1CCC2C=CC=CC21. The Balaban J connectivity index is 1.31. The number of benzene rings is 1. The molecule has 10 heteroatoms. The molecule has 0 bridgehead atoms. The maximum Gasteiger partial charge on any atom is 0.265 e. The Morgan fingerprint density at radius 2 is 1.85 bits per heavy atom. The number of ether oxygens (including phenoxy) is 2. The van der Waals surface area contributed by atoms with Gasteiger partial charge in [0.05, 0.1) is 17.5 Å². The van der Waals surface area contributed by atoms with Crippen LogP contribution in [0.1, 0.15) is 32.1 Å². The summed E-state index contributed by atoms with van der Waals surface area (Å²) in [6.45, 7) is 1.31. The van der Waals surface area contributed by atoms with Gasteiger partial charge in [0.15, 0.2) is 14.6 Å². The van der Waals surface area contributed by atoms with Gasteiger partial charge in [0, 0.05) is 32.1 Å². The summed E-state index contributed by atoms with van der Waals surface area (Å²) in [4.78, 5) is 26.8. The highest BCUT2D eigenvalue weighted by atomic mass is 32.2. The van der Waals surface area contributed by atoms with E-state index in [1.165, 1.54) is 29.7 Å². The van der Waals surface area contributed by atoms with Crippen molar-refractivity contribution in [2.45, 2.75) is 47.8 Å². The zero-order valence-electron chi connectivity index (χ0n) is 18.9. The fourth-order valence-electron chi connectivity index (χ4n) is 4.89. The summed E-state index contributed by atoms with van der Waals surface area (Å²) in [5.74, 6) is 0.0376. The first-order valence-electron chi connectivity index (χ1n) is 11.5. The van der Waals surface area contributed by atoms with Crippen LogP contribution in [0, 0.1) is 5.92 Å². The molecule has 2 heterocycles. The molecule has 3 aliphatic rings. The van der Waals surface area contributed by atoms with Crippen molar-refractivity contribution in [3.8, 4) is 5.75 Å². The molecular formula is C24H30N2O7S. The van der Waals surface area contributed by atoms with Gasteiger partial charge in [-0.25, -0.2) is 13.9 Å². The molecule has 2 amide bonds. The average molecular weight is 491 g/mol. The van der Waals surface area contributed by atoms with Gasteiger partial charge in [-0.05, 0) is 49.9 Å². The Kier molecular flexibility index (Phi) is 7.39. The third-order valence-electron chi connectivity index (χ3n) is 6.87. The highest BCUT2D eigenvalue weighted by molar-refractivity contribution is 7.93. The molecule has 2 atom stereocenters. The number of rotatable bonds is 8. The van der Waals surface area contributed by atoms with Gasteiger partial charge < -0.3 is 14.4 Å². The molecule has 184 valence electrons. The summed E-state index contributed by atoms with van der Waals surface area (Å²) in [5, 5.41) is 9.13. The van der Waals surface area contributed by atoms with Gasteiger partial charge in [-0.1, -0.05) is 24.3 Å². The molecule has 0 aromatic heterocycles. The van der Waals surface area contributed by atoms with Crippen LogP contribution in [0.15, 0.2) is 53.5 Å². The van der Waals surface area contributed by atoms with Crippen LogP contribution in [0.4, 0.5) is 0 Å². The third kappa shape index (κ3) is 4.62. The maximum absolute atomic E-state index is 13.3. The zero-order chi connectivity index (χ0) is 24.2. The number of fused-ring (bicyclic) bond motifs is 1.